The third-order valence-electron chi connectivity index (χ3n) is 3.99. The predicted octanol–water partition coefficient (Wildman–Crippen LogP) is 1.88. The predicted molar refractivity (Wildman–Crippen MR) is 79.5 cm³/mol. The Morgan fingerprint density at radius 2 is 1.86 bits per heavy atom. The molecule has 1 fully saturated rings. The number of amides is 1. The molecule has 0 aliphatic heterocycles. The molecule has 1 atom stereocenters. The van der Waals surface area contributed by atoms with Gasteiger partial charge in [-0.25, -0.2) is 0 Å². The summed E-state index contributed by atoms with van der Waals surface area (Å²) in [5.74, 6) is 1.16. The quantitative estimate of drug-likeness (QED) is 0.840. The molecular formula is C16H23NO4. The van der Waals surface area contributed by atoms with E-state index in [1.807, 2.05) is 0 Å². The van der Waals surface area contributed by atoms with Gasteiger partial charge in [0.2, 0.25) is 0 Å². The summed E-state index contributed by atoms with van der Waals surface area (Å²) in [6.07, 6.45) is 3.11. The van der Waals surface area contributed by atoms with Gasteiger partial charge >= 0.3 is 0 Å². The number of aliphatic hydroxyl groups excluding tert-OH is 1. The van der Waals surface area contributed by atoms with Crippen molar-refractivity contribution < 1.29 is 19.4 Å². The van der Waals surface area contributed by atoms with E-state index in [4.69, 9.17) is 9.47 Å². The molecule has 21 heavy (non-hydrogen) atoms. The second-order valence-electron chi connectivity index (χ2n) is 5.57. The number of ether oxygens (including phenoxy) is 2. The van der Waals surface area contributed by atoms with Crippen LogP contribution in [0.25, 0.3) is 0 Å². The molecule has 1 saturated carbocycles. The van der Waals surface area contributed by atoms with Crippen LogP contribution in [0, 0.1) is 0 Å². The lowest BCUT2D eigenvalue weighted by atomic mass is 9.98. The molecule has 5 nitrogen and oxygen atoms in total. The molecule has 0 bridgehead atoms. The Bertz CT molecular complexity index is 466. The minimum atomic E-state index is -0.609. The van der Waals surface area contributed by atoms with Crippen LogP contribution in [0.2, 0.25) is 0 Å². The van der Waals surface area contributed by atoms with Crippen LogP contribution in [0.5, 0.6) is 11.5 Å². The van der Waals surface area contributed by atoms with E-state index in [1.54, 1.807) is 38.3 Å². The SMILES string of the molecule is COc1ccc(OC(C)C(=O)NC2(CO)CCCC2)cc1. The van der Waals surface area contributed by atoms with Crippen molar-refractivity contribution in [2.24, 2.45) is 0 Å². The monoisotopic (exact) mass is 293 g/mol. The zero-order valence-corrected chi connectivity index (χ0v) is 12.6. The lowest BCUT2D eigenvalue weighted by Gasteiger charge is -2.29. The second-order valence-corrected chi connectivity index (χ2v) is 5.57. The third kappa shape index (κ3) is 3.88. The summed E-state index contributed by atoms with van der Waals surface area (Å²) in [5.41, 5.74) is -0.464. The lowest BCUT2D eigenvalue weighted by molar-refractivity contribution is -0.129. The number of rotatable bonds is 6. The van der Waals surface area contributed by atoms with Crippen LogP contribution in [0.4, 0.5) is 0 Å². The zero-order chi connectivity index (χ0) is 15.3. The standard InChI is InChI=1S/C16H23NO4/c1-12(21-14-7-5-13(20-2)6-8-14)15(19)17-16(11-18)9-3-4-10-16/h5-8,12,18H,3-4,9-11H2,1-2H3,(H,17,19). The van der Waals surface area contributed by atoms with Gasteiger partial charge in [0.05, 0.1) is 19.3 Å². The molecule has 0 aromatic heterocycles. The van der Waals surface area contributed by atoms with E-state index < -0.39 is 11.6 Å². The van der Waals surface area contributed by atoms with Gasteiger partial charge in [-0.3, -0.25) is 4.79 Å². The van der Waals surface area contributed by atoms with Crippen LogP contribution in [0.1, 0.15) is 32.6 Å². The minimum absolute atomic E-state index is 0.0198. The Morgan fingerprint density at radius 3 is 2.38 bits per heavy atom. The topological polar surface area (TPSA) is 67.8 Å². The molecule has 1 aromatic rings. The highest BCUT2D eigenvalue weighted by molar-refractivity contribution is 5.81. The summed E-state index contributed by atoms with van der Waals surface area (Å²) in [7, 11) is 1.60. The Kier molecular flexibility index (Phi) is 5.07. The number of nitrogens with one attached hydrogen (secondary N) is 1. The van der Waals surface area contributed by atoms with E-state index >= 15 is 0 Å². The minimum Gasteiger partial charge on any atom is -0.497 e. The zero-order valence-electron chi connectivity index (χ0n) is 12.6. The number of carbonyl (C=O) groups excluding carboxylic acids is 1. The Balaban J connectivity index is 1.92. The molecule has 2 rings (SSSR count). The molecule has 1 aromatic carbocycles. The number of benzene rings is 1. The van der Waals surface area contributed by atoms with Gasteiger partial charge in [-0.2, -0.15) is 0 Å². The first kappa shape index (κ1) is 15.6. The molecule has 2 N–H and O–H groups in total. The van der Waals surface area contributed by atoms with Gasteiger partial charge in [0.15, 0.2) is 6.10 Å². The van der Waals surface area contributed by atoms with Gasteiger partial charge in [0.25, 0.3) is 5.91 Å². The van der Waals surface area contributed by atoms with Crippen LogP contribution < -0.4 is 14.8 Å². The number of hydrogen-bond acceptors (Lipinski definition) is 4. The number of methoxy groups -OCH3 is 1. The maximum atomic E-state index is 12.2. The van der Waals surface area contributed by atoms with E-state index in [0.717, 1.165) is 31.4 Å². The van der Waals surface area contributed by atoms with Crippen molar-refractivity contribution in [3.8, 4) is 11.5 Å². The van der Waals surface area contributed by atoms with Crippen LogP contribution in [0.3, 0.4) is 0 Å². The molecule has 0 saturated heterocycles. The maximum absolute atomic E-state index is 12.2. The summed E-state index contributed by atoms with van der Waals surface area (Å²) < 4.78 is 10.7. The third-order valence-corrected chi connectivity index (χ3v) is 3.99. The molecule has 1 aliphatic rings. The molecule has 1 unspecified atom stereocenters. The Morgan fingerprint density at radius 1 is 1.29 bits per heavy atom. The molecule has 0 heterocycles. The molecule has 0 spiro atoms. The summed E-state index contributed by atoms with van der Waals surface area (Å²) in [5, 5.41) is 12.5. The summed E-state index contributed by atoms with van der Waals surface area (Å²) in [6, 6.07) is 7.10. The number of carbonyl (C=O) groups is 1. The normalized spacial score (nSPS) is 18.0. The van der Waals surface area contributed by atoms with E-state index in [2.05, 4.69) is 5.32 Å². The highest BCUT2D eigenvalue weighted by Gasteiger charge is 2.35. The van der Waals surface area contributed by atoms with Crippen molar-refractivity contribution in [3.05, 3.63) is 24.3 Å². The van der Waals surface area contributed by atoms with Crippen molar-refractivity contribution >= 4 is 5.91 Å². The Labute approximate surface area is 125 Å². The van der Waals surface area contributed by atoms with Crippen LogP contribution in [-0.4, -0.2) is 36.4 Å². The summed E-state index contributed by atoms with van der Waals surface area (Å²) in [6.45, 7) is 1.69. The average molecular weight is 293 g/mol. The first-order valence-electron chi connectivity index (χ1n) is 7.32. The van der Waals surface area contributed by atoms with Crippen LogP contribution in [-0.2, 0) is 4.79 Å². The molecule has 0 radical (unpaired) electrons. The average Bonchev–Trinajstić information content (AvgIpc) is 2.97. The van der Waals surface area contributed by atoms with Crippen LogP contribution >= 0.6 is 0 Å². The largest absolute Gasteiger partial charge is 0.497 e. The van der Waals surface area contributed by atoms with Gasteiger partial charge in [-0.1, -0.05) is 12.8 Å². The van der Waals surface area contributed by atoms with Gasteiger partial charge in [-0.05, 0) is 44.0 Å². The van der Waals surface area contributed by atoms with E-state index in [9.17, 15) is 9.90 Å². The highest BCUT2D eigenvalue weighted by Crippen LogP contribution is 2.29. The first-order chi connectivity index (χ1) is 10.1. The molecular weight excluding hydrogens is 270 g/mol. The number of aliphatic hydroxyl groups is 1. The van der Waals surface area contributed by atoms with Gasteiger partial charge in [0.1, 0.15) is 11.5 Å². The van der Waals surface area contributed by atoms with Crippen molar-refractivity contribution in [1.82, 2.24) is 5.32 Å². The fourth-order valence-corrected chi connectivity index (χ4v) is 2.65. The van der Waals surface area contributed by atoms with Crippen molar-refractivity contribution in [1.29, 1.82) is 0 Å². The van der Waals surface area contributed by atoms with Crippen LogP contribution in [0.15, 0.2) is 24.3 Å². The van der Waals surface area contributed by atoms with Crippen molar-refractivity contribution in [2.75, 3.05) is 13.7 Å². The fraction of sp³-hybridized carbons (Fsp3) is 0.562. The summed E-state index contributed by atoms with van der Waals surface area (Å²) >= 11 is 0. The smallest absolute Gasteiger partial charge is 0.261 e. The fourth-order valence-electron chi connectivity index (χ4n) is 2.65. The van der Waals surface area contributed by atoms with Gasteiger partial charge in [-0.15, -0.1) is 0 Å². The first-order valence-corrected chi connectivity index (χ1v) is 7.32. The van der Waals surface area contributed by atoms with Crippen molar-refractivity contribution in [3.63, 3.8) is 0 Å². The number of hydrogen-bond donors (Lipinski definition) is 2. The highest BCUT2D eigenvalue weighted by atomic mass is 16.5. The van der Waals surface area contributed by atoms with Crippen molar-refractivity contribution in [2.45, 2.75) is 44.2 Å². The second kappa shape index (κ2) is 6.80. The van der Waals surface area contributed by atoms with E-state index in [1.165, 1.54) is 0 Å². The lowest BCUT2D eigenvalue weighted by Crippen LogP contribution is -2.52. The van der Waals surface area contributed by atoms with Gasteiger partial charge in [0, 0.05) is 0 Å². The molecule has 1 aliphatic carbocycles. The van der Waals surface area contributed by atoms with Gasteiger partial charge < -0.3 is 19.9 Å². The van der Waals surface area contributed by atoms with E-state index in [0.29, 0.717) is 5.75 Å². The Hall–Kier alpha value is -1.75. The van der Waals surface area contributed by atoms with E-state index in [-0.39, 0.29) is 12.5 Å². The summed E-state index contributed by atoms with van der Waals surface area (Å²) in [4.78, 5) is 12.2. The maximum Gasteiger partial charge on any atom is 0.261 e. The molecule has 116 valence electrons. The molecule has 5 heteroatoms. The molecule has 1 amide bonds.